The van der Waals surface area contributed by atoms with Gasteiger partial charge in [0.15, 0.2) is 0 Å². The molecule has 0 heterocycles. The summed E-state index contributed by atoms with van der Waals surface area (Å²) in [5.74, 6) is 2.17. The average molecular weight is 99.1 g/mol. The molecule has 7 heavy (non-hydrogen) atoms. The SMILES string of the molecule is C#CC(CN)CO. The van der Waals surface area contributed by atoms with Crippen LogP contribution in [0.4, 0.5) is 0 Å². The lowest BCUT2D eigenvalue weighted by Crippen LogP contribution is -2.15. The minimum Gasteiger partial charge on any atom is -0.395 e. The summed E-state index contributed by atoms with van der Waals surface area (Å²) in [6.07, 6.45) is 4.90. The summed E-state index contributed by atoms with van der Waals surface area (Å²) in [7, 11) is 0. The lowest BCUT2D eigenvalue weighted by molar-refractivity contribution is 0.260. The van der Waals surface area contributed by atoms with Gasteiger partial charge in [0.25, 0.3) is 0 Å². The van der Waals surface area contributed by atoms with Gasteiger partial charge in [-0.2, -0.15) is 0 Å². The average Bonchev–Trinajstić information content (AvgIpc) is 1.72. The molecule has 0 aliphatic rings. The molecule has 40 valence electrons. The molecule has 0 aliphatic carbocycles. The molecule has 1 atom stereocenters. The van der Waals surface area contributed by atoms with Crippen LogP contribution >= 0.6 is 0 Å². The van der Waals surface area contributed by atoms with Gasteiger partial charge in [-0.05, 0) is 0 Å². The molecule has 0 bridgehead atoms. The first-order valence-corrected chi connectivity index (χ1v) is 2.12. The normalized spacial score (nSPS) is 12.7. The van der Waals surface area contributed by atoms with Crippen molar-refractivity contribution in [1.29, 1.82) is 0 Å². The van der Waals surface area contributed by atoms with E-state index in [1.807, 2.05) is 0 Å². The summed E-state index contributed by atoms with van der Waals surface area (Å²) in [5.41, 5.74) is 5.09. The molecule has 0 aromatic carbocycles. The highest BCUT2D eigenvalue weighted by Crippen LogP contribution is 1.84. The third kappa shape index (κ3) is 2.21. The molecule has 0 saturated heterocycles. The van der Waals surface area contributed by atoms with Gasteiger partial charge in [0.1, 0.15) is 0 Å². The Hall–Kier alpha value is -0.520. The van der Waals surface area contributed by atoms with Gasteiger partial charge < -0.3 is 10.8 Å². The van der Waals surface area contributed by atoms with Gasteiger partial charge in [0, 0.05) is 6.54 Å². The summed E-state index contributed by atoms with van der Waals surface area (Å²) in [5, 5.41) is 8.30. The number of hydrogen-bond donors (Lipinski definition) is 2. The Morgan fingerprint density at radius 1 is 1.86 bits per heavy atom. The maximum absolute atomic E-state index is 8.30. The first kappa shape index (κ1) is 6.48. The van der Waals surface area contributed by atoms with Crippen LogP contribution in [0.2, 0.25) is 0 Å². The van der Waals surface area contributed by atoms with Crippen LogP contribution in [-0.4, -0.2) is 18.3 Å². The largest absolute Gasteiger partial charge is 0.395 e. The summed E-state index contributed by atoms with van der Waals surface area (Å²) in [4.78, 5) is 0. The van der Waals surface area contributed by atoms with Gasteiger partial charge in [-0.1, -0.05) is 5.92 Å². The molecule has 0 saturated carbocycles. The first-order chi connectivity index (χ1) is 3.35. The van der Waals surface area contributed by atoms with E-state index in [0.29, 0.717) is 6.54 Å². The van der Waals surface area contributed by atoms with Crippen molar-refractivity contribution in [3.05, 3.63) is 0 Å². The van der Waals surface area contributed by atoms with Crippen LogP contribution in [0.3, 0.4) is 0 Å². The maximum Gasteiger partial charge on any atom is 0.0581 e. The van der Waals surface area contributed by atoms with Crippen molar-refractivity contribution in [3.63, 3.8) is 0 Å². The number of terminal acetylenes is 1. The fourth-order valence-electron chi connectivity index (χ4n) is 0.195. The van der Waals surface area contributed by atoms with Crippen LogP contribution in [0.1, 0.15) is 0 Å². The Morgan fingerprint density at radius 3 is 2.43 bits per heavy atom. The molecule has 2 heteroatoms. The van der Waals surface area contributed by atoms with E-state index in [1.54, 1.807) is 0 Å². The van der Waals surface area contributed by atoms with E-state index in [9.17, 15) is 0 Å². The molecule has 2 nitrogen and oxygen atoms in total. The second-order valence-electron chi connectivity index (χ2n) is 1.28. The Balaban J connectivity index is 3.23. The van der Waals surface area contributed by atoms with Crippen LogP contribution < -0.4 is 5.73 Å². The smallest absolute Gasteiger partial charge is 0.0581 e. The Bertz CT molecular complexity index is 70.6. The lowest BCUT2D eigenvalue weighted by atomic mass is 10.2. The minimum atomic E-state index is -0.153. The van der Waals surface area contributed by atoms with Crippen molar-refractivity contribution in [2.45, 2.75) is 0 Å². The second kappa shape index (κ2) is 3.66. The quantitative estimate of drug-likeness (QED) is 0.445. The fourth-order valence-corrected chi connectivity index (χ4v) is 0.195. The maximum atomic E-state index is 8.30. The first-order valence-electron chi connectivity index (χ1n) is 2.12. The lowest BCUT2D eigenvalue weighted by Gasteiger charge is -1.97. The van der Waals surface area contributed by atoms with Gasteiger partial charge in [-0.15, -0.1) is 6.42 Å². The number of aliphatic hydroxyl groups excluding tert-OH is 1. The summed E-state index contributed by atoms with van der Waals surface area (Å²) < 4.78 is 0. The molecular formula is C5H9NO. The third-order valence-corrected chi connectivity index (χ3v) is 0.741. The van der Waals surface area contributed by atoms with Gasteiger partial charge >= 0.3 is 0 Å². The van der Waals surface area contributed by atoms with Crippen LogP contribution in [0.25, 0.3) is 0 Å². The van der Waals surface area contributed by atoms with Gasteiger partial charge in [0.05, 0.1) is 12.5 Å². The zero-order valence-electron chi connectivity index (χ0n) is 4.09. The van der Waals surface area contributed by atoms with Crippen molar-refractivity contribution < 1.29 is 5.11 Å². The predicted octanol–water partition coefficient (Wildman–Crippen LogP) is -0.813. The molecule has 0 amide bonds. The van der Waals surface area contributed by atoms with E-state index in [1.165, 1.54) is 0 Å². The molecule has 0 radical (unpaired) electrons. The van der Waals surface area contributed by atoms with E-state index in [-0.39, 0.29) is 12.5 Å². The molecule has 1 unspecified atom stereocenters. The molecule has 0 rings (SSSR count). The van der Waals surface area contributed by atoms with E-state index >= 15 is 0 Å². The Morgan fingerprint density at radius 2 is 2.43 bits per heavy atom. The summed E-state index contributed by atoms with van der Waals surface area (Å²) in [6, 6.07) is 0. The molecule has 3 N–H and O–H groups in total. The molecular weight excluding hydrogens is 90.1 g/mol. The second-order valence-corrected chi connectivity index (χ2v) is 1.28. The number of rotatable bonds is 2. The van der Waals surface area contributed by atoms with Gasteiger partial charge in [0.2, 0.25) is 0 Å². The van der Waals surface area contributed by atoms with Gasteiger partial charge in [-0.3, -0.25) is 0 Å². The van der Waals surface area contributed by atoms with E-state index < -0.39 is 0 Å². The highest BCUT2D eigenvalue weighted by Gasteiger charge is 1.95. The van der Waals surface area contributed by atoms with Crippen LogP contribution in [0.5, 0.6) is 0 Å². The van der Waals surface area contributed by atoms with Crippen molar-refractivity contribution >= 4 is 0 Å². The van der Waals surface area contributed by atoms with Crippen molar-refractivity contribution in [2.75, 3.05) is 13.2 Å². The summed E-state index contributed by atoms with van der Waals surface area (Å²) in [6.45, 7) is 0.361. The van der Waals surface area contributed by atoms with Crippen LogP contribution in [0, 0.1) is 18.3 Å². The zero-order valence-corrected chi connectivity index (χ0v) is 4.09. The number of nitrogens with two attached hydrogens (primary N) is 1. The molecule has 0 aromatic rings. The molecule has 0 aromatic heterocycles. The molecule has 0 spiro atoms. The number of hydrogen-bond acceptors (Lipinski definition) is 2. The van der Waals surface area contributed by atoms with E-state index in [4.69, 9.17) is 17.3 Å². The summed E-state index contributed by atoms with van der Waals surface area (Å²) >= 11 is 0. The van der Waals surface area contributed by atoms with Crippen LogP contribution in [-0.2, 0) is 0 Å². The molecule has 0 fully saturated rings. The minimum absolute atomic E-state index is 0.00694. The predicted molar refractivity (Wildman–Crippen MR) is 28.5 cm³/mol. The topological polar surface area (TPSA) is 46.2 Å². The van der Waals surface area contributed by atoms with E-state index in [2.05, 4.69) is 5.92 Å². The third-order valence-electron chi connectivity index (χ3n) is 0.741. The Labute approximate surface area is 43.3 Å². The Kier molecular flexibility index (Phi) is 3.39. The van der Waals surface area contributed by atoms with Gasteiger partial charge in [-0.25, -0.2) is 0 Å². The zero-order chi connectivity index (χ0) is 5.70. The monoisotopic (exact) mass is 99.1 g/mol. The fraction of sp³-hybridized carbons (Fsp3) is 0.600. The highest BCUT2D eigenvalue weighted by atomic mass is 16.3. The van der Waals surface area contributed by atoms with Crippen molar-refractivity contribution in [3.8, 4) is 12.3 Å². The van der Waals surface area contributed by atoms with Crippen molar-refractivity contribution in [2.24, 2.45) is 11.7 Å². The van der Waals surface area contributed by atoms with Crippen LogP contribution in [0.15, 0.2) is 0 Å². The van der Waals surface area contributed by atoms with E-state index in [0.717, 1.165) is 0 Å². The van der Waals surface area contributed by atoms with Crippen molar-refractivity contribution in [1.82, 2.24) is 0 Å². The number of aliphatic hydroxyl groups is 1. The molecule has 0 aliphatic heterocycles. The highest BCUT2D eigenvalue weighted by molar-refractivity contribution is 4.92. The standard InChI is InChI=1S/C5H9NO/c1-2-5(3-6)4-7/h1,5,7H,3-4,6H2.